The normalized spacial score (nSPS) is 15.7. The lowest BCUT2D eigenvalue weighted by Crippen LogP contribution is -2.45. The van der Waals surface area contributed by atoms with Gasteiger partial charge in [-0.1, -0.05) is 84.9 Å². The second-order valence-corrected chi connectivity index (χ2v) is 9.05. The average molecular weight is 461 g/mol. The van der Waals surface area contributed by atoms with Crippen LogP contribution in [-0.4, -0.2) is 23.0 Å². The molecule has 5 nitrogen and oxygen atoms in total. The van der Waals surface area contributed by atoms with Crippen molar-refractivity contribution in [2.24, 2.45) is 0 Å². The molecule has 1 unspecified atom stereocenters. The topological polar surface area (TPSA) is 69.6 Å². The number of carbonyl (C=O) groups is 2. The lowest BCUT2D eigenvalue weighted by Gasteiger charge is -2.31. The molecule has 6 rings (SSSR count). The standard InChI is InChI=1S/C30H24N2O3/c33-28(34)16-27-30(35)31-17-21-7-2-4-11-26(21)32(27)18-22-9-5-8-20-13-14-24-23-10-3-1-6-19(23)12-15-25(24)29(20)22/h1-15,27H,16-18H2,(H,31,35)(H,33,34). The van der Waals surface area contributed by atoms with Crippen molar-refractivity contribution in [3.8, 4) is 0 Å². The van der Waals surface area contributed by atoms with Gasteiger partial charge >= 0.3 is 5.97 Å². The Bertz CT molecular complexity index is 1630. The monoisotopic (exact) mass is 460 g/mol. The summed E-state index contributed by atoms with van der Waals surface area (Å²) in [6.07, 6.45) is -0.268. The molecular weight excluding hydrogens is 436 g/mol. The smallest absolute Gasteiger partial charge is 0.305 e. The van der Waals surface area contributed by atoms with Crippen LogP contribution in [0.4, 0.5) is 5.69 Å². The van der Waals surface area contributed by atoms with E-state index >= 15 is 0 Å². The van der Waals surface area contributed by atoms with Crippen LogP contribution in [0.5, 0.6) is 0 Å². The molecule has 1 atom stereocenters. The number of hydrogen-bond acceptors (Lipinski definition) is 3. The van der Waals surface area contributed by atoms with Crippen LogP contribution < -0.4 is 10.2 Å². The van der Waals surface area contributed by atoms with Crippen molar-refractivity contribution < 1.29 is 14.7 Å². The molecule has 5 aromatic rings. The third-order valence-electron chi connectivity index (χ3n) is 6.99. The number of benzene rings is 5. The zero-order valence-electron chi connectivity index (χ0n) is 19.1. The third kappa shape index (κ3) is 3.66. The molecule has 0 saturated heterocycles. The largest absolute Gasteiger partial charge is 0.481 e. The summed E-state index contributed by atoms with van der Waals surface area (Å²) in [6, 6.07) is 30.2. The van der Waals surface area contributed by atoms with Gasteiger partial charge in [-0.05, 0) is 49.5 Å². The zero-order valence-corrected chi connectivity index (χ0v) is 19.1. The first kappa shape index (κ1) is 21.2. The number of nitrogens with one attached hydrogen (secondary N) is 1. The number of amides is 1. The highest BCUT2D eigenvalue weighted by molar-refractivity contribution is 6.18. The maximum absolute atomic E-state index is 13.0. The van der Waals surface area contributed by atoms with Crippen LogP contribution in [0.1, 0.15) is 17.5 Å². The van der Waals surface area contributed by atoms with Crippen LogP contribution in [0.2, 0.25) is 0 Å². The predicted molar refractivity (Wildman–Crippen MR) is 139 cm³/mol. The van der Waals surface area contributed by atoms with Crippen LogP contribution >= 0.6 is 0 Å². The third-order valence-corrected chi connectivity index (χ3v) is 6.99. The van der Waals surface area contributed by atoms with Gasteiger partial charge in [0, 0.05) is 18.8 Å². The number of aliphatic carboxylic acids is 1. The van der Waals surface area contributed by atoms with E-state index in [4.69, 9.17) is 0 Å². The molecule has 0 saturated carbocycles. The van der Waals surface area contributed by atoms with Crippen LogP contribution in [0, 0.1) is 0 Å². The number of para-hydroxylation sites is 1. The maximum Gasteiger partial charge on any atom is 0.305 e. The first-order chi connectivity index (χ1) is 17.1. The fourth-order valence-corrected chi connectivity index (χ4v) is 5.38. The highest BCUT2D eigenvalue weighted by Gasteiger charge is 2.32. The maximum atomic E-state index is 13.0. The zero-order chi connectivity index (χ0) is 23.9. The van der Waals surface area contributed by atoms with E-state index in [-0.39, 0.29) is 12.3 Å². The number of rotatable bonds is 4. The summed E-state index contributed by atoms with van der Waals surface area (Å²) in [5.74, 6) is -1.26. The fraction of sp³-hybridized carbons (Fsp3) is 0.133. The van der Waals surface area contributed by atoms with Gasteiger partial charge in [0.05, 0.1) is 6.42 Å². The van der Waals surface area contributed by atoms with Crippen LogP contribution in [0.15, 0.2) is 91.0 Å². The second-order valence-electron chi connectivity index (χ2n) is 9.05. The number of nitrogens with zero attached hydrogens (tertiary/aromatic N) is 1. The van der Waals surface area contributed by atoms with E-state index in [1.807, 2.05) is 41.3 Å². The Balaban J connectivity index is 1.56. The van der Waals surface area contributed by atoms with E-state index in [2.05, 4.69) is 59.9 Å². The summed E-state index contributed by atoms with van der Waals surface area (Å²) in [6.45, 7) is 0.803. The SMILES string of the molecule is O=C(O)CC1C(=O)NCc2ccccc2N1Cc1cccc2ccc3c4ccccc4ccc3c12. The summed E-state index contributed by atoms with van der Waals surface area (Å²) in [5.41, 5.74) is 2.92. The first-order valence-electron chi connectivity index (χ1n) is 11.8. The quantitative estimate of drug-likeness (QED) is 0.341. The van der Waals surface area contributed by atoms with E-state index in [1.54, 1.807) is 0 Å². The van der Waals surface area contributed by atoms with Crippen molar-refractivity contribution in [1.82, 2.24) is 5.32 Å². The molecule has 0 aliphatic carbocycles. The van der Waals surface area contributed by atoms with Crippen molar-refractivity contribution in [3.05, 3.63) is 102 Å². The Morgan fingerprint density at radius 3 is 2.46 bits per heavy atom. The number of carbonyl (C=O) groups excluding carboxylic acids is 1. The van der Waals surface area contributed by atoms with Crippen LogP contribution in [-0.2, 0) is 22.7 Å². The summed E-state index contributed by atoms with van der Waals surface area (Å²) in [4.78, 5) is 26.7. The number of fused-ring (bicyclic) bond motifs is 6. The van der Waals surface area contributed by atoms with Gasteiger partial charge < -0.3 is 15.3 Å². The first-order valence-corrected chi connectivity index (χ1v) is 11.8. The van der Waals surface area contributed by atoms with Gasteiger partial charge in [0.15, 0.2) is 0 Å². The van der Waals surface area contributed by atoms with Gasteiger partial charge in [-0.2, -0.15) is 0 Å². The van der Waals surface area contributed by atoms with E-state index in [0.29, 0.717) is 13.1 Å². The Labute approximate surface area is 202 Å². The molecule has 0 spiro atoms. The molecule has 1 aliphatic rings. The van der Waals surface area contributed by atoms with Crippen molar-refractivity contribution >= 4 is 49.9 Å². The molecule has 0 bridgehead atoms. The van der Waals surface area contributed by atoms with Crippen molar-refractivity contribution in [1.29, 1.82) is 0 Å². The van der Waals surface area contributed by atoms with Gasteiger partial charge in [-0.25, -0.2) is 0 Å². The molecular formula is C30H24N2O3. The van der Waals surface area contributed by atoms with Gasteiger partial charge in [-0.3, -0.25) is 9.59 Å². The molecule has 35 heavy (non-hydrogen) atoms. The molecule has 172 valence electrons. The predicted octanol–water partition coefficient (Wildman–Crippen LogP) is 5.63. The van der Waals surface area contributed by atoms with Gasteiger partial charge in [0.25, 0.3) is 0 Å². The minimum absolute atomic E-state index is 0.264. The summed E-state index contributed by atoms with van der Waals surface area (Å²) in [7, 11) is 0. The van der Waals surface area contributed by atoms with Crippen LogP contribution in [0.3, 0.4) is 0 Å². The highest BCUT2D eigenvalue weighted by atomic mass is 16.4. The molecule has 1 heterocycles. The average Bonchev–Trinajstić information content (AvgIpc) is 3.00. The van der Waals surface area contributed by atoms with Gasteiger partial charge in [0.2, 0.25) is 5.91 Å². The Kier molecular flexibility index (Phi) is 5.10. The number of hydrogen-bond donors (Lipinski definition) is 2. The van der Waals surface area contributed by atoms with Gasteiger partial charge in [-0.15, -0.1) is 0 Å². The fourth-order valence-electron chi connectivity index (χ4n) is 5.38. The number of anilines is 1. The molecule has 0 radical (unpaired) electrons. The molecule has 1 amide bonds. The van der Waals surface area contributed by atoms with E-state index in [0.717, 1.165) is 33.0 Å². The van der Waals surface area contributed by atoms with E-state index < -0.39 is 12.0 Å². The molecule has 5 aromatic carbocycles. The van der Waals surface area contributed by atoms with Crippen LogP contribution in [0.25, 0.3) is 32.3 Å². The minimum Gasteiger partial charge on any atom is -0.481 e. The second kappa shape index (κ2) is 8.44. The summed E-state index contributed by atoms with van der Waals surface area (Å²) < 4.78 is 0. The molecule has 1 aliphatic heterocycles. The number of carboxylic acid groups (broad SMARTS) is 1. The summed E-state index contributed by atoms with van der Waals surface area (Å²) in [5, 5.41) is 19.5. The Hall–Kier alpha value is -4.38. The van der Waals surface area contributed by atoms with E-state index in [9.17, 15) is 14.7 Å². The van der Waals surface area contributed by atoms with Crippen molar-refractivity contribution in [3.63, 3.8) is 0 Å². The van der Waals surface area contributed by atoms with Gasteiger partial charge in [0.1, 0.15) is 6.04 Å². The highest BCUT2D eigenvalue weighted by Crippen LogP contribution is 2.35. The molecule has 5 heteroatoms. The Morgan fingerprint density at radius 1 is 0.829 bits per heavy atom. The molecule has 0 aromatic heterocycles. The van der Waals surface area contributed by atoms with E-state index in [1.165, 1.54) is 16.2 Å². The summed E-state index contributed by atoms with van der Waals surface area (Å²) >= 11 is 0. The minimum atomic E-state index is -0.996. The lowest BCUT2D eigenvalue weighted by atomic mass is 9.94. The van der Waals surface area contributed by atoms with Crippen molar-refractivity contribution in [2.45, 2.75) is 25.6 Å². The Morgan fingerprint density at radius 2 is 1.57 bits per heavy atom. The lowest BCUT2D eigenvalue weighted by molar-refractivity contribution is -0.139. The molecule has 0 fully saturated rings. The molecule has 2 N–H and O–H groups in total. The number of carboxylic acids is 1. The van der Waals surface area contributed by atoms with Crippen molar-refractivity contribution in [2.75, 3.05) is 4.90 Å².